The first-order valence-electron chi connectivity index (χ1n) is 13.0. The molecule has 5 rings (SSSR count). The van der Waals surface area contributed by atoms with Gasteiger partial charge in [0.05, 0.1) is 30.9 Å². The summed E-state index contributed by atoms with van der Waals surface area (Å²) in [5.74, 6) is 1.22. The average Bonchev–Trinajstić information content (AvgIpc) is 3.67. The van der Waals surface area contributed by atoms with E-state index in [1.807, 2.05) is 12.1 Å². The summed E-state index contributed by atoms with van der Waals surface area (Å²) in [6, 6.07) is 14.5. The highest BCUT2D eigenvalue weighted by Gasteiger charge is 2.25. The van der Waals surface area contributed by atoms with Gasteiger partial charge in [-0.15, -0.1) is 0 Å². The number of fused-ring (bicyclic) bond motifs is 1. The molecule has 3 heterocycles. The number of morpholine rings is 1. The Morgan fingerprint density at radius 2 is 1.73 bits per heavy atom. The first-order valence-corrected chi connectivity index (χ1v) is 13.0. The van der Waals surface area contributed by atoms with Gasteiger partial charge in [-0.3, -0.25) is 24.6 Å². The minimum absolute atomic E-state index is 0.110. The molecule has 2 amide bonds. The van der Waals surface area contributed by atoms with Crippen molar-refractivity contribution < 1.29 is 33.1 Å². The van der Waals surface area contributed by atoms with Crippen LogP contribution in [0.25, 0.3) is 0 Å². The van der Waals surface area contributed by atoms with Crippen molar-refractivity contribution in [3.63, 3.8) is 0 Å². The Kier molecular flexibility index (Phi) is 8.57. The van der Waals surface area contributed by atoms with Crippen molar-refractivity contribution in [2.45, 2.75) is 13.1 Å². The number of hydrogen-bond acceptors (Lipinski definition) is 9. The molecule has 0 N–H and O–H groups in total. The first-order chi connectivity index (χ1) is 19.5. The Hall–Kier alpha value is -4.42. The summed E-state index contributed by atoms with van der Waals surface area (Å²) in [5.41, 5.74) is 1.00. The molecule has 0 atom stereocenters. The number of carbonyl (C=O) groups is 2. The predicted molar refractivity (Wildman–Crippen MR) is 142 cm³/mol. The van der Waals surface area contributed by atoms with E-state index >= 15 is 0 Å². The third kappa shape index (κ3) is 6.77. The number of benzene rings is 2. The molecule has 210 valence electrons. The van der Waals surface area contributed by atoms with E-state index in [9.17, 15) is 19.7 Å². The second-order valence-corrected chi connectivity index (χ2v) is 9.50. The molecule has 12 heteroatoms. The number of nitro benzene ring substituents is 1. The third-order valence-corrected chi connectivity index (χ3v) is 6.82. The van der Waals surface area contributed by atoms with E-state index in [0.29, 0.717) is 43.6 Å². The molecule has 0 radical (unpaired) electrons. The highest BCUT2D eigenvalue weighted by atomic mass is 16.7. The van der Waals surface area contributed by atoms with Crippen LogP contribution in [-0.4, -0.2) is 84.2 Å². The molecule has 1 saturated heterocycles. The molecule has 3 aromatic rings. The molecular formula is C28H30N4O8. The number of nitro groups is 1. The number of amides is 2. The Morgan fingerprint density at radius 3 is 2.45 bits per heavy atom. The predicted octanol–water partition coefficient (Wildman–Crippen LogP) is 2.92. The second kappa shape index (κ2) is 12.6. The van der Waals surface area contributed by atoms with Gasteiger partial charge < -0.3 is 28.4 Å². The zero-order valence-electron chi connectivity index (χ0n) is 21.9. The summed E-state index contributed by atoms with van der Waals surface area (Å²) in [5, 5.41) is 11.1. The number of hydrogen-bond donors (Lipinski definition) is 0. The van der Waals surface area contributed by atoms with Crippen molar-refractivity contribution in [1.82, 2.24) is 14.7 Å². The van der Waals surface area contributed by atoms with Gasteiger partial charge in [0.25, 0.3) is 11.6 Å². The van der Waals surface area contributed by atoms with Crippen LogP contribution in [0.3, 0.4) is 0 Å². The molecule has 0 spiro atoms. The van der Waals surface area contributed by atoms with Crippen LogP contribution in [0.4, 0.5) is 5.69 Å². The zero-order chi connectivity index (χ0) is 27.9. The molecule has 1 fully saturated rings. The van der Waals surface area contributed by atoms with E-state index < -0.39 is 4.92 Å². The van der Waals surface area contributed by atoms with E-state index in [0.717, 1.165) is 18.7 Å². The number of non-ortho nitro benzene ring substituents is 1. The molecule has 2 aromatic carbocycles. The minimum atomic E-state index is -0.517. The van der Waals surface area contributed by atoms with Crippen molar-refractivity contribution in [3.8, 4) is 11.5 Å². The summed E-state index contributed by atoms with van der Waals surface area (Å²) in [4.78, 5) is 43.2. The number of nitrogens with zero attached hydrogens (tertiary/aromatic N) is 4. The Balaban J connectivity index is 1.35. The van der Waals surface area contributed by atoms with Gasteiger partial charge in [0.2, 0.25) is 12.7 Å². The van der Waals surface area contributed by atoms with Crippen molar-refractivity contribution in [3.05, 3.63) is 87.9 Å². The van der Waals surface area contributed by atoms with Crippen LogP contribution in [0.2, 0.25) is 0 Å². The highest BCUT2D eigenvalue weighted by molar-refractivity contribution is 5.96. The molecule has 40 heavy (non-hydrogen) atoms. The van der Waals surface area contributed by atoms with Gasteiger partial charge in [0.15, 0.2) is 11.5 Å². The fraction of sp³-hybridized carbons (Fsp3) is 0.357. The molecule has 2 aliphatic heterocycles. The fourth-order valence-corrected chi connectivity index (χ4v) is 4.59. The van der Waals surface area contributed by atoms with Crippen molar-refractivity contribution in [2.24, 2.45) is 0 Å². The van der Waals surface area contributed by atoms with Crippen LogP contribution in [0.1, 0.15) is 21.7 Å². The first kappa shape index (κ1) is 27.2. The van der Waals surface area contributed by atoms with Crippen LogP contribution in [-0.2, 0) is 22.6 Å². The Bertz CT molecular complexity index is 1320. The molecule has 0 saturated carbocycles. The van der Waals surface area contributed by atoms with Crippen molar-refractivity contribution >= 4 is 17.5 Å². The number of carbonyl (C=O) groups excluding carboxylic acids is 2. The molecule has 0 unspecified atom stereocenters. The maximum atomic E-state index is 13.8. The largest absolute Gasteiger partial charge is 0.467 e. The molecule has 2 aliphatic rings. The molecule has 0 aliphatic carbocycles. The maximum absolute atomic E-state index is 13.8. The van der Waals surface area contributed by atoms with Gasteiger partial charge in [-0.25, -0.2) is 0 Å². The second-order valence-electron chi connectivity index (χ2n) is 9.50. The van der Waals surface area contributed by atoms with Gasteiger partial charge in [-0.2, -0.15) is 0 Å². The number of rotatable bonds is 11. The third-order valence-electron chi connectivity index (χ3n) is 6.82. The van der Waals surface area contributed by atoms with Crippen LogP contribution < -0.4 is 9.47 Å². The molecule has 1 aromatic heterocycles. The van der Waals surface area contributed by atoms with Gasteiger partial charge in [0.1, 0.15) is 12.3 Å². The zero-order valence-corrected chi connectivity index (χ0v) is 21.9. The van der Waals surface area contributed by atoms with E-state index in [1.54, 1.807) is 29.4 Å². The van der Waals surface area contributed by atoms with Crippen LogP contribution >= 0.6 is 0 Å². The van der Waals surface area contributed by atoms with Gasteiger partial charge in [-0.1, -0.05) is 6.07 Å². The summed E-state index contributed by atoms with van der Waals surface area (Å²) in [6.45, 7) is 4.02. The van der Waals surface area contributed by atoms with Gasteiger partial charge >= 0.3 is 0 Å². The Morgan fingerprint density at radius 1 is 0.950 bits per heavy atom. The lowest BCUT2D eigenvalue weighted by Crippen LogP contribution is -2.47. The molecule has 0 bridgehead atoms. The normalized spacial score (nSPS) is 14.6. The lowest BCUT2D eigenvalue weighted by Gasteiger charge is -2.31. The van der Waals surface area contributed by atoms with Crippen LogP contribution in [0.5, 0.6) is 11.5 Å². The minimum Gasteiger partial charge on any atom is -0.467 e. The topological polar surface area (TPSA) is 128 Å². The van der Waals surface area contributed by atoms with E-state index in [-0.39, 0.29) is 49.5 Å². The number of ether oxygens (including phenoxy) is 3. The van der Waals surface area contributed by atoms with Crippen molar-refractivity contribution in [2.75, 3.05) is 52.7 Å². The summed E-state index contributed by atoms with van der Waals surface area (Å²) < 4.78 is 21.8. The maximum Gasteiger partial charge on any atom is 0.269 e. The number of furan rings is 1. The Labute approximate surface area is 230 Å². The van der Waals surface area contributed by atoms with Gasteiger partial charge in [-0.05, 0) is 42.0 Å². The average molecular weight is 551 g/mol. The summed E-state index contributed by atoms with van der Waals surface area (Å²) >= 11 is 0. The van der Waals surface area contributed by atoms with Crippen LogP contribution in [0, 0.1) is 10.1 Å². The lowest BCUT2D eigenvalue weighted by atomic mass is 10.1. The van der Waals surface area contributed by atoms with Crippen molar-refractivity contribution in [1.29, 1.82) is 0 Å². The van der Waals surface area contributed by atoms with Gasteiger partial charge in [0, 0.05) is 50.4 Å². The highest BCUT2D eigenvalue weighted by Crippen LogP contribution is 2.33. The fourth-order valence-electron chi connectivity index (χ4n) is 4.59. The SMILES string of the molecule is O=C(CN(CCN1CCOCC1)C(=O)c1ccc([N+](=O)[O-])cc1)N(Cc1ccc2c(c1)OCO2)Cc1ccco1. The molecule has 12 nitrogen and oxygen atoms in total. The molecular weight excluding hydrogens is 520 g/mol. The lowest BCUT2D eigenvalue weighted by molar-refractivity contribution is -0.384. The van der Waals surface area contributed by atoms with E-state index in [1.165, 1.54) is 29.2 Å². The smallest absolute Gasteiger partial charge is 0.269 e. The van der Waals surface area contributed by atoms with E-state index in [4.69, 9.17) is 18.6 Å². The summed E-state index contributed by atoms with van der Waals surface area (Å²) in [7, 11) is 0. The van der Waals surface area contributed by atoms with E-state index in [2.05, 4.69) is 4.90 Å². The van der Waals surface area contributed by atoms with Crippen LogP contribution in [0.15, 0.2) is 65.3 Å². The quantitative estimate of drug-likeness (QED) is 0.261. The summed E-state index contributed by atoms with van der Waals surface area (Å²) in [6.07, 6.45) is 1.55. The standard InChI is InChI=1S/C28H30N4O8/c33-27(31(18-24-2-1-13-38-24)17-21-3-8-25-26(16-21)40-20-39-25)19-30(10-9-29-11-14-37-15-12-29)28(34)22-4-6-23(7-5-22)32(35)36/h1-8,13,16H,9-12,14-15,17-20H2. The monoisotopic (exact) mass is 550 g/mol.